The number of benzene rings is 1. The lowest BCUT2D eigenvalue weighted by Crippen LogP contribution is -2.30. The van der Waals surface area contributed by atoms with Gasteiger partial charge < -0.3 is 14.4 Å². The molecule has 1 aromatic carbocycles. The fraction of sp³-hybridized carbons (Fsp3) is 0.100. The summed E-state index contributed by atoms with van der Waals surface area (Å²) in [4.78, 5) is 27.7. The Morgan fingerprint density at radius 1 is 1.19 bits per heavy atom. The standard InChI is InChI=1S/C20H14ClNO4S/c21-13-7-5-12(6-8-13)17-16(18(23)15-4-2-10-27-15)19(24)20(25)22(17)11-14-3-1-9-26-14/h1-10,17,24H,11H2. The quantitative estimate of drug-likeness (QED) is 0.627. The highest BCUT2D eigenvalue weighted by molar-refractivity contribution is 7.12. The number of rotatable bonds is 5. The van der Waals surface area contributed by atoms with Gasteiger partial charge in [-0.1, -0.05) is 29.8 Å². The Bertz CT molecular complexity index is 1010. The van der Waals surface area contributed by atoms with Crippen LogP contribution >= 0.6 is 22.9 Å². The number of hydrogen-bond donors (Lipinski definition) is 1. The van der Waals surface area contributed by atoms with Crippen LogP contribution in [-0.4, -0.2) is 21.7 Å². The Labute approximate surface area is 164 Å². The van der Waals surface area contributed by atoms with Crippen LogP contribution < -0.4 is 0 Å². The molecule has 0 fully saturated rings. The third kappa shape index (κ3) is 3.18. The molecule has 0 saturated carbocycles. The van der Waals surface area contributed by atoms with E-state index in [-0.39, 0.29) is 17.9 Å². The van der Waals surface area contributed by atoms with E-state index < -0.39 is 17.7 Å². The summed E-state index contributed by atoms with van der Waals surface area (Å²) in [5.41, 5.74) is 0.750. The second-order valence-electron chi connectivity index (χ2n) is 6.04. The first-order valence-corrected chi connectivity index (χ1v) is 9.42. The number of thiophene rings is 1. The second kappa shape index (κ2) is 7.06. The van der Waals surface area contributed by atoms with Crippen molar-refractivity contribution in [2.75, 3.05) is 0 Å². The van der Waals surface area contributed by atoms with E-state index in [0.29, 0.717) is 21.2 Å². The van der Waals surface area contributed by atoms with Crippen LogP contribution in [0.3, 0.4) is 0 Å². The maximum absolute atomic E-state index is 13.0. The molecule has 1 amide bonds. The van der Waals surface area contributed by atoms with Crippen molar-refractivity contribution in [3.05, 3.63) is 92.7 Å². The van der Waals surface area contributed by atoms with Crippen molar-refractivity contribution < 1.29 is 19.1 Å². The van der Waals surface area contributed by atoms with Crippen LogP contribution in [0.1, 0.15) is 27.0 Å². The van der Waals surface area contributed by atoms with Crippen LogP contribution in [0.25, 0.3) is 0 Å². The van der Waals surface area contributed by atoms with Crippen LogP contribution in [0.2, 0.25) is 5.02 Å². The average molecular weight is 400 g/mol. The van der Waals surface area contributed by atoms with Crippen LogP contribution in [0.5, 0.6) is 0 Å². The number of carbonyl (C=O) groups excluding carboxylic acids is 2. The topological polar surface area (TPSA) is 70.8 Å². The van der Waals surface area contributed by atoms with E-state index in [1.54, 1.807) is 53.9 Å². The summed E-state index contributed by atoms with van der Waals surface area (Å²) in [6, 6.07) is 13.0. The monoisotopic (exact) mass is 399 g/mol. The van der Waals surface area contributed by atoms with E-state index in [4.69, 9.17) is 16.0 Å². The van der Waals surface area contributed by atoms with Gasteiger partial charge in [0.15, 0.2) is 5.76 Å². The molecule has 27 heavy (non-hydrogen) atoms. The first-order chi connectivity index (χ1) is 13.1. The summed E-state index contributed by atoms with van der Waals surface area (Å²) in [6.45, 7) is 0.129. The number of aliphatic hydroxyl groups is 1. The Kier molecular flexibility index (Phi) is 4.59. The van der Waals surface area contributed by atoms with Crippen molar-refractivity contribution >= 4 is 34.6 Å². The lowest BCUT2D eigenvalue weighted by Gasteiger charge is -2.26. The van der Waals surface area contributed by atoms with Gasteiger partial charge >= 0.3 is 0 Å². The van der Waals surface area contributed by atoms with Crippen molar-refractivity contribution in [1.82, 2.24) is 4.90 Å². The van der Waals surface area contributed by atoms with E-state index in [9.17, 15) is 14.7 Å². The first kappa shape index (κ1) is 17.6. The van der Waals surface area contributed by atoms with Gasteiger partial charge in [0.1, 0.15) is 5.76 Å². The number of hydrogen-bond acceptors (Lipinski definition) is 5. The highest BCUT2D eigenvalue weighted by atomic mass is 35.5. The molecule has 0 bridgehead atoms. The molecule has 1 aliphatic heterocycles. The summed E-state index contributed by atoms with van der Waals surface area (Å²) < 4.78 is 5.35. The van der Waals surface area contributed by atoms with E-state index in [0.717, 1.165) is 0 Å². The van der Waals surface area contributed by atoms with Gasteiger partial charge in [-0.3, -0.25) is 9.59 Å². The number of ketones is 1. The summed E-state index contributed by atoms with van der Waals surface area (Å²) >= 11 is 7.25. The first-order valence-electron chi connectivity index (χ1n) is 8.16. The number of furan rings is 1. The molecule has 2 aromatic heterocycles. The number of halogens is 1. The van der Waals surface area contributed by atoms with Crippen LogP contribution in [-0.2, 0) is 11.3 Å². The van der Waals surface area contributed by atoms with Gasteiger partial charge in [0.25, 0.3) is 5.91 Å². The molecule has 1 N–H and O–H groups in total. The number of aliphatic hydroxyl groups excluding tert-OH is 1. The Hall–Kier alpha value is -2.83. The van der Waals surface area contributed by atoms with Crippen LogP contribution in [0.15, 0.2) is 75.9 Å². The maximum atomic E-state index is 13.0. The third-order valence-corrected chi connectivity index (χ3v) is 5.51. The molecule has 0 radical (unpaired) electrons. The van der Waals surface area contributed by atoms with Gasteiger partial charge in [0.2, 0.25) is 5.78 Å². The minimum atomic E-state index is -0.727. The summed E-state index contributed by atoms with van der Waals surface area (Å²) in [7, 11) is 0. The molecule has 1 unspecified atom stereocenters. The molecule has 1 atom stereocenters. The molecule has 136 valence electrons. The third-order valence-electron chi connectivity index (χ3n) is 4.39. The van der Waals surface area contributed by atoms with Gasteiger partial charge in [0, 0.05) is 5.02 Å². The molecular weight excluding hydrogens is 386 g/mol. The fourth-order valence-electron chi connectivity index (χ4n) is 3.15. The zero-order valence-electron chi connectivity index (χ0n) is 14.0. The Morgan fingerprint density at radius 2 is 1.96 bits per heavy atom. The molecular formula is C20H14ClNO4S. The molecule has 3 heterocycles. The Morgan fingerprint density at radius 3 is 2.59 bits per heavy atom. The maximum Gasteiger partial charge on any atom is 0.290 e. The molecule has 1 aliphatic rings. The van der Waals surface area contributed by atoms with E-state index >= 15 is 0 Å². The largest absolute Gasteiger partial charge is 0.503 e. The van der Waals surface area contributed by atoms with Crippen molar-refractivity contribution in [2.24, 2.45) is 0 Å². The average Bonchev–Trinajstić information content (AvgIpc) is 3.41. The number of Topliss-reactive ketones (excluding diaryl/α,β-unsaturated/α-hetero) is 1. The van der Waals surface area contributed by atoms with E-state index in [2.05, 4.69) is 0 Å². The summed E-state index contributed by atoms with van der Waals surface area (Å²) in [5, 5.41) is 12.8. The minimum Gasteiger partial charge on any atom is -0.503 e. The van der Waals surface area contributed by atoms with Crippen molar-refractivity contribution in [3.63, 3.8) is 0 Å². The van der Waals surface area contributed by atoms with Crippen LogP contribution in [0, 0.1) is 0 Å². The number of amides is 1. The molecule has 0 aliphatic carbocycles. The van der Waals surface area contributed by atoms with Gasteiger partial charge in [-0.05, 0) is 41.3 Å². The number of carbonyl (C=O) groups is 2. The Balaban J connectivity index is 1.80. The minimum absolute atomic E-state index is 0.0660. The zero-order chi connectivity index (χ0) is 19.0. The molecule has 5 nitrogen and oxygen atoms in total. The highest BCUT2D eigenvalue weighted by Gasteiger charge is 2.44. The molecule has 7 heteroatoms. The van der Waals surface area contributed by atoms with Gasteiger partial charge in [-0.15, -0.1) is 11.3 Å². The lowest BCUT2D eigenvalue weighted by atomic mass is 9.95. The van der Waals surface area contributed by atoms with E-state index in [1.807, 2.05) is 0 Å². The van der Waals surface area contributed by atoms with Crippen molar-refractivity contribution in [2.45, 2.75) is 12.6 Å². The van der Waals surface area contributed by atoms with Crippen LogP contribution in [0.4, 0.5) is 0 Å². The summed E-state index contributed by atoms with van der Waals surface area (Å²) in [5.74, 6) is -0.941. The van der Waals surface area contributed by atoms with Crippen molar-refractivity contribution in [1.29, 1.82) is 0 Å². The van der Waals surface area contributed by atoms with Gasteiger partial charge in [-0.2, -0.15) is 0 Å². The molecule has 3 aromatic rings. The normalized spacial score (nSPS) is 17.0. The van der Waals surface area contributed by atoms with Crippen molar-refractivity contribution in [3.8, 4) is 0 Å². The fourth-order valence-corrected chi connectivity index (χ4v) is 3.96. The molecule has 0 saturated heterocycles. The number of nitrogens with zero attached hydrogens (tertiary/aromatic N) is 1. The van der Waals surface area contributed by atoms with Gasteiger partial charge in [-0.25, -0.2) is 0 Å². The molecule has 4 rings (SSSR count). The predicted molar refractivity (Wildman–Crippen MR) is 102 cm³/mol. The predicted octanol–water partition coefficient (Wildman–Crippen LogP) is 4.77. The van der Waals surface area contributed by atoms with E-state index in [1.165, 1.54) is 22.5 Å². The molecule has 0 spiro atoms. The SMILES string of the molecule is O=C(C1=C(O)C(=O)N(Cc2ccco2)C1c1ccc(Cl)cc1)c1cccs1. The zero-order valence-corrected chi connectivity index (χ0v) is 15.5. The highest BCUT2D eigenvalue weighted by Crippen LogP contribution is 2.40. The van der Waals surface area contributed by atoms with Gasteiger partial charge in [0.05, 0.1) is 29.3 Å². The lowest BCUT2D eigenvalue weighted by molar-refractivity contribution is -0.130. The smallest absolute Gasteiger partial charge is 0.290 e. The summed E-state index contributed by atoms with van der Waals surface area (Å²) in [6.07, 6.45) is 1.51. The second-order valence-corrected chi connectivity index (χ2v) is 7.42.